The maximum absolute atomic E-state index is 5.67. The number of hydrogen-bond donors (Lipinski definition) is 1. The number of nitrogen functional groups attached to an aromatic ring is 1. The zero-order valence-electron chi connectivity index (χ0n) is 10.5. The van der Waals surface area contributed by atoms with E-state index in [2.05, 4.69) is 11.9 Å². The standard InChI is InChI=1S/C13H18N2O3/c1-2-5-16-6-7-17-9-13-15-11-8-10(14)3-4-12(11)18-13/h3-4,8H,2,5-7,9,14H2,1H3. The lowest BCUT2D eigenvalue weighted by Crippen LogP contribution is -2.04. The fourth-order valence-electron chi connectivity index (χ4n) is 1.58. The number of aromatic nitrogens is 1. The van der Waals surface area contributed by atoms with Gasteiger partial charge in [-0.15, -0.1) is 0 Å². The largest absolute Gasteiger partial charge is 0.438 e. The Kier molecular flexibility index (Phi) is 4.55. The van der Waals surface area contributed by atoms with E-state index >= 15 is 0 Å². The first-order chi connectivity index (χ1) is 8.79. The molecule has 0 aliphatic heterocycles. The second kappa shape index (κ2) is 6.37. The van der Waals surface area contributed by atoms with Crippen molar-refractivity contribution in [1.29, 1.82) is 0 Å². The van der Waals surface area contributed by atoms with Gasteiger partial charge in [0.05, 0.1) is 13.2 Å². The van der Waals surface area contributed by atoms with Crippen molar-refractivity contribution in [3.63, 3.8) is 0 Å². The van der Waals surface area contributed by atoms with Gasteiger partial charge in [0.25, 0.3) is 0 Å². The topological polar surface area (TPSA) is 70.5 Å². The minimum Gasteiger partial charge on any atom is -0.438 e. The van der Waals surface area contributed by atoms with E-state index in [0.717, 1.165) is 24.1 Å². The summed E-state index contributed by atoms with van der Waals surface area (Å²) in [5.74, 6) is 0.561. The van der Waals surface area contributed by atoms with E-state index in [-0.39, 0.29) is 0 Å². The van der Waals surface area contributed by atoms with Gasteiger partial charge in [-0.05, 0) is 24.6 Å². The monoisotopic (exact) mass is 250 g/mol. The fourth-order valence-corrected chi connectivity index (χ4v) is 1.58. The van der Waals surface area contributed by atoms with Gasteiger partial charge in [0.1, 0.15) is 12.1 Å². The molecule has 2 rings (SSSR count). The zero-order chi connectivity index (χ0) is 12.8. The van der Waals surface area contributed by atoms with Gasteiger partial charge in [-0.2, -0.15) is 0 Å². The minimum absolute atomic E-state index is 0.351. The van der Waals surface area contributed by atoms with Gasteiger partial charge in [0, 0.05) is 12.3 Å². The van der Waals surface area contributed by atoms with Gasteiger partial charge in [0.15, 0.2) is 5.58 Å². The van der Waals surface area contributed by atoms with Crippen LogP contribution in [0.4, 0.5) is 5.69 Å². The van der Waals surface area contributed by atoms with Crippen molar-refractivity contribution in [2.24, 2.45) is 0 Å². The molecule has 0 radical (unpaired) electrons. The van der Waals surface area contributed by atoms with E-state index in [9.17, 15) is 0 Å². The van der Waals surface area contributed by atoms with Crippen LogP contribution in [0.1, 0.15) is 19.2 Å². The Morgan fingerprint density at radius 1 is 1.22 bits per heavy atom. The first-order valence-electron chi connectivity index (χ1n) is 6.10. The second-order valence-corrected chi connectivity index (χ2v) is 4.00. The number of anilines is 1. The van der Waals surface area contributed by atoms with Gasteiger partial charge in [0.2, 0.25) is 5.89 Å². The number of nitrogens with two attached hydrogens (primary N) is 1. The molecule has 1 heterocycles. The first-order valence-corrected chi connectivity index (χ1v) is 6.10. The predicted molar refractivity (Wildman–Crippen MR) is 69.2 cm³/mol. The van der Waals surface area contributed by atoms with Crippen LogP contribution in [-0.2, 0) is 16.1 Å². The normalized spacial score (nSPS) is 11.2. The van der Waals surface area contributed by atoms with Crippen molar-refractivity contribution in [3.05, 3.63) is 24.1 Å². The Labute approximate surface area is 106 Å². The van der Waals surface area contributed by atoms with Crippen LogP contribution in [0, 0.1) is 0 Å². The van der Waals surface area contributed by atoms with E-state index in [4.69, 9.17) is 19.6 Å². The summed E-state index contributed by atoms with van der Waals surface area (Å²) in [6, 6.07) is 5.38. The number of benzene rings is 1. The third-order valence-corrected chi connectivity index (χ3v) is 2.40. The minimum atomic E-state index is 0.351. The summed E-state index contributed by atoms with van der Waals surface area (Å²) >= 11 is 0. The lowest BCUT2D eigenvalue weighted by molar-refractivity contribution is 0.0339. The molecule has 0 aliphatic rings. The maximum Gasteiger partial charge on any atom is 0.221 e. The van der Waals surface area contributed by atoms with Gasteiger partial charge >= 0.3 is 0 Å². The molecule has 0 bridgehead atoms. The van der Waals surface area contributed by atoms with Crippen molar-refractivity contribution in [1.82, 2.24) is 4.98 Å². The molecular weight excluding hydrogens is 232 g/mol. The summed E-state index contributed by atoms with van der Waals surface area (Å²) in [6.45, 7) is 4.34. The van der Waals surface area contributed by atoms with Crippen LogP contribution >= 0.6 is 0 Å². The summed E-state index contributed by atoms with van der Waals surface area (Å²) in [6.07, 6.45) is 1.02. The number of hydrogen-bond acceptors (Lipinski definition) is 5. The predicted octanol–water partition coefficient (Wildman–Crippen LogP) is 2.35. The summed E-state index contributed by atoms with van der Waals surface area (Å²) in [4.78, 5) is 4.30. The highest BCUT2D eigenvalue weighted by atomic mass is 16.5. The van der Waals surface area contributed by atoms with Crippen LogP contribution in [0.2, 0.25) is 0 Å². The SMILES string of the molecule is CCCOCCOCc1nc2cc(N)ccc2o1. The molecule has 0 saturated heterocycles. The molecule has 0 fully saturated rings. The molecule has 0 saturated carbocycles. The Morgan fingerprint density at radius 2 is 2.06 bits per heavy atom. The summed E-state index contributed by atoms with van der Waals surface area (Å²) in [5.41, 5.74) is 7.84. The van der Waals surface area contributed by atoms with Crippen LogP contribution in [-0.4, -0.2) is 24.8 Å². The molecule has 0 aliphatic carbocycles. The highest BCUT2D eigenvalue weighted by Crippen LogP contribution is 2.18. The molecule has 0 unspecified atom stereocenters. The molecule has 0 atom stereocenters. The molecule has 5 nitrogen and oxygen atoms in total. The average molecular weight is 250 g/mol. The summed E-state index contributed by atoms with van der Waals surface area (Å²) < 4.78 is 16.2. The highest BCUT2D eigenvalue weighted by Gasteiger charge is 2.05. The number of nitrogens with zero attached hydrogens (tertiary/aromatic N) is 1. The van der Waals surface area contributed by atoms with Crippen LogP contribution in [0.3, 0.4) is 0 Å². The lowest BCUT2D eigenvalue weighted by atomic mass is 10.3. The molecular formula is C13H18N2O3. The highest BCUT2D eigenvalue weighted by molar-refractivity contribution is 5.76. The number of oxazole rings is 1. The van der Waals surface area contributed by atoms with Gasteiger partial charge in [-0.25, -0.2) is 4.98 Å². The molecule has 5 heteroatoms. The Balaban J connectivity index is 1.81. The number of ether oxygens (including phenoxy) is 2. The van der Waals surface area contributed by atoms with Crippen LogP contribution in [0.5, 0.6) is 0 Å². The Bertz CT molecular complexity index is 496. The van der Waals surface area contributed by atoms with Crippen molar-refractivity contribution in [2.45, 2.75) is 20.0 Å². The maximum atomic E-state index is 5.67. The first kappa shape index (κ1) is 12.9. The number of fused-ring (bicyclic) bond motifs is 1. The second-order valence-electron chi connectivity index (χ2n) is 4.00. The third-order valence-electron chi connectivity index (χ3n) is 2.40. The number of rotatable bonds is 7. The van der Waals surface area contributed by atoms with Crippen LogP contribution < -0.4 is 5.73 Å². The molecule has 1 aromatic carbocycles. The van der Waals surface area contributed by atoms with Gasteiger partial charge < -0.3 is 19.6 Å². The third kappa shape index (κ3) is 3.45. The molecule has 2 N–H and O–H groups in total. The molecule has 98 valence electrons. The molecule has 0 amide bonds. The van der Waals surface area contributed by atoms with E-state index < -0.39 is 0 Å². The molecule has 1 aromatic heterocycles. The summed E-state index contributed by atoms with van der Waals surface area (Å²) in [7, 11) is 0. The fraction of sp³-hybridized carbons (Fsp3) is 0.462. The van der Waals surface area contributed by atoms with Crippen LogP contribution in [0.15, 0.2) is 22.6 Å². The van der Waals surface area contributed by atoms with Gasteiger partial charge in [-0.3, -0.25) is 0 Å². The average Bonchev–Trinajstić information content (AvgIpc) is 2.75. The van der Waals surface area contributed by atoms with E-state index in [1.165, 1.54) is 0 Å². The smallest absolute Gasteiger partial charge is 0.221 e. The van der Waals surface area contributed by atoms with E-state index in [1.807, 2.05) is 6.07 Å². The van der Waals surface area contributed by atoms with Crippen molar-refractivity contribution in [3.8, 4) is 0 Å². The van der Waals surface area contributed by atoms with Crippen molar-refractivity contribution < 1.29 is 13.9 Å². The van der Waals surface area contributed by atoms with Crippen molar-refractivity contribution >= 4 is 16.8 Å². The van der Waals surface area contributed by atoms with E-state index in [0.29, 0.717) is 31.4 Å². The Hall–Kier alpha value is -1.59. The quantitative estimate of drug-likeness (QED) is 0.603. The molecule has 0 spiro atoms. The Morgan fingerprint density at radius 3 is 2.89 bits per heavy atom. The zero-order valence-corrected chi connectivity index (χ0v) is 10.5. The van der Waals surface area contributed by atoms with Gasteiger partial charge in [-0.1, -0.05) is 6.92 Å². The lowest BCUT2D eigenvalue weighted by Gasteiger charge is -2.02. The van der Waals surface area contributed by atoms with E-state index in [1.54, 1.807) is 12.1 Å². The van der Waals surface area contributed by atoms with Crippen LogP contribution in [0.25, 0.3) is 11.1 Å². The van der Waals surface area contributed by atoms with Crippen molar-refractivity contribution in [2.75, 3.05) is 25.6 Å². The summed E-state index contributed by atoms with van der Waals surface area (Å²) in [5, 5.41) is 0. The molecule has 18 heavy (non-hydrogen) atoms. The molecule has 2 aromatic rings.